The monoisotopic (exact) mass is 513 g/mol. The highest BCUT2D eigenvalue weighted by Crippen LogP contribution is 2.42. The largest absolute Gasteiger partial charge is 0.534 e. The average Bonchev–Trinajstić information content (AvgIpc) is 2.78. The lowest BCUT2D eigenvalue weighted by Gasteiger charge is -2.48. The summed E-state index contributed by atoms with van der Waals surface area (Å²) in [5.41, 5.74) is -4.35. The van der Waals surface area contributed by atoms with Gasteiger partial charge in [-0.1, -0.05) is 56.3 Å². The van der Waals surface area contributed by atoms with Gasteiger partial charge in [0.05, 0.1) is 5.92 Å². The number of carboxylic acids is 1. The van der Waals surface area contributed by atoms with Gasteiger partial charge in [-0.05, 0) is 60.9 Å². The predicted molar refractivity (Wildman–Crippen MR) is 125 cm³/mol. The van der Waals surface area contributed by atoms with E-state index >= 15 is 0 Å². The minimum atomic E-state index is -5.76. The molecule has 6 nitrogen and oxygen atoms in total. The van der Waals surface area contributed by atoms with Crippen molar-refractivity contribution in [3.63, 3.8) is 0 Å². The smallest absolute Gasteiger partial charge is 0.481 e. The second-order valence-corrected chi connectivity index (χ2v) is 11.0. The van der Waals surface area contributed by atoms with Crippen LogP contribution in [0.25, 0.3) is 0 Å². The molecule has 35 heavy (non-hydrogen) atoms. The van der Waals surface area contributed by atoms with Crippen molar-refractivity contribution < 1.29 is 35.7 Å². The standard InChI is InChI=1S/C25H30F3NO5S/c1-17-16-29(18(2)22(23(30)31)14-19-8-5-4-6-9-19)13-12-24(17,3)20-10-7-11-21(15-20)34-35(32,33)25(26,27)28/h4-11,15,17-18,22H,12-14,16H2,1-3H3,(H,30,31). The molecular formula is C25H30F3NO5S. The number of piperidine rings is 1. The Morgan fingerprint density at radius 1 is 1.20 bits per heavy atom. The van der Waals surface area contributed by atoms with Crippen LogP contribution in [-0.2, 0) is 26.7 Å². The second-order valence-electron chi connectivity index (χ2n) is 9.45. The molecule has 2 aromatic carbocycles. The second kappa shape index (κ2) is 10.2. The van der Waals surface area contributed by atoms with Crippen molar-refractivity contribution in [1.82, 2.24) is 4.90 Å². The number of likely N-dealkylation sites (tertiary alicyclic amines) is 1. The number of alkyl halides is 3. The van der Waals surface area contributed by atoms with Gasteiger partial charge in [-0.15, -0.1) is 0 Å². The Bertz CT molecular complexity index is 1140. The van der Waals surface area contributed by atoms with E-state index in [0.29, 0.717) is 31.5 Å². The van der Waals surface area contributed by atoms with Crippen LogP contribution in [0.4, 0.5) is 13.2 Å². The predicted octanol–water partition coefficient (Wildman–Crippen LogP) is 4.85. The van der Waals surface area contributed by atoms with Crippen molar-refractivity contribution in [2.24, 2.45) is 11.8 Å². The lowest BCUT2D eigenvalue weighted by atomic mass is 9.67. The quantitative estimate of drug-likeness (QED) is 0.402. The van der Waals surface area contributed by atoms with Gasteiger partial charge in [-0.2, -0.15) is 21.6 Å². The molecular weight excluding hydrogens is 483 g/mol. The highest BCUT2D eigenvalue weighted by atomic mass is 32.2. The van der Waals surface area contributed by atoms with Crippen LogP contribution in [0.3, 0.4) is 0 Å². The molecule has 0 bridgehead atoms. The van der Waals surface area contributed by atoms with Gasteiger partial charge in [0.15, 0.2) is 0 Å². The fourth-order valence-corrected chi connectivity index (χ4v) is 5.18. The molecule has 192 valence electrons. The molecule has 2 aromatic rings. The van der Waals surface area contributed by atoms with Gasteiger partial charge < -0.3 is 9.29 Å². The minimum Gasteiger partial charge on any atom is -0.481 e. The van der Waals surface area contributed by atoms with Gasteiger partial charge in [-0.25, -0.2) is 0 Å². The molecule has 1 fully saturated rings. The lowest BCUT2D eigenvalue weighted by molar-refractivity contribution is -0.144. The van der Waals surface area contributed by atoms with Gasteiger partial charge >= 0.3 is 21.6 Å². The van der Waals surface area contributed by atoms with Gasteiger partial charge in [0.2, 0.25) is 0 Å². The molecule has 1 saturated heterocycles. The summed E-state index contributed by atoms with van der Waals surface area (Å²) in [5, 5.41) is 9.89. The van der Waals surface area contributed by atoms with Gasteiger partial charge in [0.1, 0.15) is 5.75 Å². The van der Waals surface area contributed by atoms with Crippen LogP contribution < -0.4 is 4.18 Å². The number of carboxylic acid groups (broad SMARTS) is 1. The van der Waals surface area contributed by atoms with Crippen LogP contribution >= 0.6 is 0 Å². The number of hydrogen-bond donors (Lipinski definition) is 1. The molecule has 10 heteroatoms. The zero-order valence-electron chi connectivity index (χ0n) is 19.8. The maximum atomic E-state index is 12.7. The number of halogens is 3. The molecule has 4 atom stereocenters. The lowest BCUT2D eigenvalue weighted by Crippen LogP contribution is -2.53. The highest BCUT2D eigenvalue weighted by Gasteiger charge is 2.49. The Morgan fingerprint density at radius 2 is 1.86 bits per heavy atom. The fourth-order valence-electron chi connectivity index (χ4n) is 4.73. The van der Waals surface area contributed by atoms with E-state index in [-0.39, 0.29) is 12.0 Å². The van der Waals surface area contributed by atoms with Crippen molar-refractivity contribution in [1.29, 1.82) is 0 Å². The molecule has 1 aliphatic rings. The van der Waals surface area contributed by atoms with Crippen molar-refractivity contribution in [2.45, 2.75) is 50.6 Å². The van der Waals surface area contributed by atoms with E-state index in [1.54, 1.807) is 6.07 Å². The summed E-state index contributed by atoms with van der Waals surface area (Å²) >= 11 is 0. The fraction of sp³-hybridized carbons (Fsp3) is 0.480. The summed E-state index contributed by atoms with van der Waals surface area (Å²) in [7, 11) is -5.76. The van der Waals surface area contributed by atoms with Crippen LogP contribution in [0.1, 0.15) is 38.3 Å². The number of hydrogen-bond acceptors (Lipinski definition) is 5. The Balaban J connectivity index is 1.76. The molecule has 1 heterocycles. The zero-order valence-corrected chi connectivity index (χ0v) is 20.6. The van der Waals surface area contributed by atoms with E-state index in [1.165, 1.54) is 18.2 Å². The van der Waals surface area contributed by atoms with Crippen molar-refractivity contribution in [3.8, 4) is 5.75 Å². The molecule has 0 saturated carbocycles. The molecule has 3 rings (SSSR count). The van der Waals surface area contributed by atoms with Crippen LogP contribution in [0.15, 0.2) is 54.6 Å². The third-order valence-corrected chi connectivity index (χ3v) is 8.25. The molecule has 0 spiro atoms. The Morgan fingerprint density at radius 3 is 2.43 bits per heavy atom. The molecule has 0 amide bonds. The first-order valence-electron chi connectivity index (χ1n) is 11.4. The first-order valence-corrected chi connectivity index (χ1v) is 12.8. The normalized spacial score (nSPS) is 23.4. The van der Waals surface area contributed by atoms with E-state index in [4.69, 9.17) is 0 Å². The summed E-state index contributed by atoms with van der Waals surface area (Å²) in [5.74, 6) is -1.84. The molecule has 0 aliphatic carbocycles. The molecule has 0 radical (unpaired) electrons. The van der Waals surface area contributed by atoms with Gasteiger partial charge in [-0.3, -0.25) is 9.69 Å². The van der Waals surface area contributed by atoms with E-state index < -0.39 is 38.7 Å². The topological polar surface area (TPSA) is 83.9 Å². The van der Waals surface area contributed by atoms with Crippen molar-refractivity contribution in [3.05, 3.63) is 65.7 Å². The molecule has 1 N–H and O–H groups in total. The highest BCUT2D eigenvalue weighted by molar-refractivity contribution is 7.88. The summed E-state index contributed by atoms with van der Waals surface area (Å²) in [6.07, 6.45) is 1.03. The first-order chi connectivity index (χ1) is 16.2. The van der Waals surface area contributed by atoms with Crippen LogP contribution in [-0.4, -0.2) is 49.0 Å². The Labute approximate surface area is 203 Å². The third-order valence-electron chi connectivity index (χ3n) is 7.27. The Kier molecular flexibility index (Phi) is 7.86. The van der Waals surface area contributed by atoms with Crippen LogP contribution in [0.5, 0.6) is 5.75 Å². The molecule has 1 aliphatic heterocycles. The Hall–Kier alpha value is -2.59. The average molecular weight is 514 g/mol. The van der Waals surface area contributed by atoms with Gasteiger partial charge in [0.25, 0.3) is 0 Å². The van der Waals surface area contributed by atoms with Crippen LogP contribution in [0.2, 0.25) is 0 Å². The van der Waals surface area contributed by atoms with E-state index in [0.717, 1.165) is 5.56 Å². The third kappa shape index (κ3) is 5.98. The number of nitrogens with zero attached hydrogens (tertiary/aromatic N) is 1. The number of rotatable bonds is 8. The van der Waals surface area contributed by atoms with E-state index in [2.05, 4.69) is 9.08 Å². The summed E-state index contributed by atoms with van der Waals surface area (Å²) in [4.78, 5) is 14.2. The SMILES string of the molecule is CC(C(Cc1ccccc1)C(=O)O)N1CCC(C)(c2cccc(OS(=O)(=O)C(F)(F)F)c2)C(C)C1. The first kappa shape index (κ1) is 27.0. The van der Waals surface area contributed by atoms with Crippen molar-refractivity contribution >= 4 is 16.1 Å². The number of aliphatic carboxylic acids is 1. The van der Waals surface area contributed by atoms with E-state index in [9.17, 15) is 31.5 Å². The van der Waals surface area contributed by atoms with E-state index in [1.807, 2.05) is 51.1 Å². The van der Waals surface area contributed by atoms with Crippen LogP contribution in [0, 0.1) is 11.8 Å². The summed E-state index contributed by atoms with van der Waals surface area (Å²) < 4.78 is 65.4. The maximum Gasteiger partial charge on any atom is 0.534 e. The molecule has 4 unspecified atom stereocenters. The zero-order chi connectivity index (χ0) is 26.0. The minimum absolute atomic E-state index is 0.0133. The molecule has 0 aromatic heterocycles. The maximum absolute atomic E-state index is 12.7. The summed E-state index contributed by atoms with van der Waals surface area (Å²) in [6, 6.07) is 15.0. The van der Waals surface area contributed by atoms with Gasteiger partial charge in [0, 0.05) is 12.6 Å². The summed E-state index contributed by atoms with van der Waals surface area (Å²) in [6.45, 7) is 7.07. The van der Waals surface area contributed by atoms with Crippen molar-refractivity contribution in [2.75, 3.05) is 13.1 Å². The number of carbonyl (C=O) groups is 1. The number of benzene rings is 2.